The first-order valence-corrected chi connectivity index (χ1v) is 11.5. The lowest BCUT2D eigenvalue weighted by Crippen LogP contribution is -2.29. The van der Waals surface area contributed by atoms with Gasteiger partial charge in [0.2, 0.25) is 0 Å². The predicted molar refractivity (Wildman–Crippen MR) is 133 cm³/mol. The molecule has 1 aliphatic heterocycles. The summed E-state index contributed by atoms with van der Waals surface area (Å²) >= 11 is 0. The van der Waals surface area contributed by atoms with Crippen molar-refractivity contribution in [1.82, 2.24) is 0 Å². The number of amides is 1. The lowest BCUT2D eigenvalue weighted by molar-refractivity contribution is -0.132. The molecule has 2 heterocycles. The van der Waals surface area contributed by atoms with Crippen molar-refractivity contribution in [2.75, 3.05) is 18.6 Å². The molecule has 3 aromatic rings. The second-order valence-corrected chi connectivity index (χ2v) is 9.00. The van der Waals surface area contributed by atoms with Gasteiger partial charge in [-0.05, 0) is 67.8 Å². The summed E-state index contributed by atoms with van der Waals surface area (Å²) in [5, 5.41) is 11.3. The van der Waals surface area contributed by atoms with Gasteiger partial charge in [-0.25, -0.2) is 0 Å². The third-order valence-electron chi connectivity index (χ3n) is 5.83. The van der Waals surface area contributed by atoms with Crippen LogP contribution in [-0.2, 0) is 9.59 Å². The highest BCUT2D eigenvalue weighted by Crippen LogP contribution is 2.43. The first kappa shape index (κ1) is 24.1. The normalized spacial score (nSPS) is 17.3. The highest BCUT2D eigenvalue weighted by molar-refractivity contribution is 6.51. The Hall–Kier alpha value is -4.00. The van der Waals surface area contributed by atoms with E-state index in [0.29, 0.717) is 46.8 Å². The SMILES string of the molecule is COc1cccc(N2C(=O)C(=O)/C(=C(\O)c3ccc(OCC(C)C)c(C)c3)C2c2ccc(C)o2)c1. The fourth-order valence-electron chi connectivity index (χ4n) is 4.10. The van der Waals surface area contributed by atoms with Crippen molar-refractivity contribution in [3.05, 3.63) is 82.8 Å². The zero-order chi connectivity index (χ0) is 25.3. The fraction of sp³-hybridized carbons (Fsp3) is 0.286. The van der Waals surface area contributed by atoms with Crippen LogP contribution >= 0.6 is 0 Å². The summed E-state index contributed by atoms with van der Waals surface area (Å²) in [5.41, 5.74) is 1.64. The molecule has 2 aromatic carbocycles. The van der Waals surface area contributed by atoms with Crippen molar-refractivity contribution in [3.63, 3.8) is 0 Å². The van der Waals surface area contributed by atoms with Crippen LogP contribution in [0.3, 0.4) is 0 Å². The van der Waals surface area contributed by atoms with Crippen LogP contribution in [0.1, 0.15) is 42.5 Å². The number of nitrogens with zero attached hydrogens (tertiary/aromatic N) is 1. The Morgan fingerprint density at radius 3 is 2.49 bits per heavy atom. The minimum absolute atomic E-state index is 0.0394. The van der Waals surface area contributed by atoms with Crippen molar-refractivity contribution >= 4 is 23.1 Å². The number of carbonyl (C=O) groups is 2. The predicted octanol–water partition coefficient (Wildman–Crippen LogP) is 5.57. The number of ether oxygens (including phenoxy) is 2. The molecule has 0 bridgehead atoms. The third kappa shape index (κ3) is 4.67. The summed E-state index contributed by atoms with van der Waals surface area (Å²) in [6.07, 6.45) is 0. The van der Waals surface area contributed by atoms with Crippen molar-refractivity contribution in [2.24, 2.45) is 5.92 Å². The van der Waals surface area contributed by atoms with Gasteiger partial charge < -0.3 is 19.0 Å². The van der Waals surface area contributed by atoms with Gasteiger partial charge in [-0.2, -0.15) is 0 Å². The number of ketones is 1. The Bertz CT molecular complexity index is 1300. The molecule has 0 saturated carbocycles. The summed E-state index contributed by atoms with van der Waals surface area (Å²) < 4.78 is 17.0. The van der Waals surface area contributed by atoms with Crippen LogP contribution in [-0.4, -0.2) is 30.5 Å². The number of hydrogen-bond donors (Lipinski definition) is 1. The second-order valence-electron chi connectivity index (χ2n) is 9.00. The number of rotatable bonds is 7. The van der Waals surface area contributed by atoms with Gasteiger partial charge in [-0.3, -0.25) is 14.5 Å². The topological polar surface area (TPSA) is 89.2 Å². The Kier molecular flexibility index (Phi) is 6.69. The molecule has 1 atom stereocenters. The van der Waals surface area contributed by atoms with Crippen LogP contribution in [0, 0.1) is 19.8 Å². The van der Waals surface area contributed by atoms with E-state index in [4.69, 9.17) is 13.9 Å². The molecule has 0 spiro atoms. The van der Waals surface area contributed by atoms with Crippen LogP contribution in [0.25, 0.3) is 5.76 Å². The summed E-state index contributed by atoms with van der Waals surface area (Å²) in [4.78, 5) is 27.8. The Labute approximate surface area is 204 Å². The van der Waals surface area contributed by atoms with Crippen molar-refractivity contribution in [3.8, 4) is 11.5 Å². The lowest BCUT2D eigenvalue weighted by atomic mass is 9.98. The first-order valence-electron chi connectivity index (χ1n) is 11.5. The molecule has 1 aliphatic rings. The fourth-order valence-corrected chi connectivity index (χ4v) is 4.10. The number of hydrogen-bond acceptors (Lipinski definition) is 6. The minimum atomic E-state index is -0.937. The molecule has 4 rings (SSSR count). The van der Waals surface area contributed by atoms with Crippen LogP contribution in [0.15, 0.2) is 64.6 Å². The van der Waals surface area contributed by atoms with Gasteiger partial charge in [-0.1, -0.05) is 19.9 Å². The molecule has 35 heavy (non-hydrogen) atoms. The average molecular weight is 476 g/mol. The molecule has 1 fully saturated rings. The second kappa shape index (κ2) is 9.70. The number of carbonyl (C=O) groups excluding carboxylic acids is 2. The molecule has 1 unspecified atom stereocenters. The maximum atomic E-state index is 13.3. The number of aliphatic hydroxyl groups excluding tert-OH is 1. The van der Waals surface area contributed by atoms with Crippen LogP contribution in [0.4, 0.5) is 5.69 Å². The zero-order valence-electron chi connectivity index (χ0n) is 20.5. The number of aliphatic hydroxyl groups is 1. The van der Waals surface area contributed by atoms with E-state index in [9.17, 15) is 14.7 Å². The lowest BCUT2D eigenvalue weighted by Gasteiger charge is -2.23. The summed E-state index contributed by atoms with van der Waals surface area (Å²) in [6.45, 7) is 8.34. The van der Waals surface area contributed by atoms with Crippen LogP contribution < -0.4 is 14.4 Å². The maximum Gasteiger partial charge on any atom is 0.300 e. The van der Waals surface area contributed by atoms with Gasteiger partial charge >= 0.3 is 0 Å². The van der Waals surface area contributed by atoms with Gasteiger partial charge in [0.05, 0.1) is 19.3 Å². The van der Waals surface area contributed by atoms with Crippen molar-refractivity contribution in [1.29, 1.82) is 0 Å². The van der Waals surface area contributed by atoms with Gasteiger partial charge in [0.1, 0.15) is 34.8 Å². The summed E-state index contributed by atoms with van der Waals surface area (Å²) in [6, 6.07) is 14.6. The number of aryl methyl sites for hydroxylation is 2. The summed E-state index contributed by atoms with van der Waals surface area (Å²) in [7, 11) is 1.53. The first-order chi connectivity index (χ1) is 16.7. The monoisotopic (exact) mass is 475 g/mol. The number of Topliss-reactive ketones (excluding diaryl/α,β-unsaturated/α-hetero) is 1. The average Bonchev–Trinajstić information content (AvgIpc) is 3.38. The van der Waals surface area contributed by atoms with Crippen molar-refractivity contribution in [2.45, 2.75) is 33.7 Å². The standard InChI is InChI=1S/C28H29NO6/c1-16(2)15-34-22-12-10-19(13-17(22)3)26(30)24-25(23-11-9-18(4)35-23)29(28(32)27(24)31)20-7-6-8-21(14-20)33-5/h6-14,16,25,30H,15H2,1-5H3/b26-24-. The molecule has 0 radical (unpaired) electrons. The molecule has 1 N–H and O–H groups in total. The van der Waals surface area contributed by atoms with E-state index in [1.165, 1.54) is 12.0 Å². The zero-order valence-corrected chi connectivity index (χ0v) is 20.5. The van der Waals surface area contributed by atoms with Crippen molar-refractivity contribution < 1.29 is 28.6 Å². The van der Waals surface area contributed by atoms with Gasteiger partial charge in [0.25, 0.3) is 11.7 Å². The molecular weight excluding hydrogens is 446 g/mol. The molecule has 182 valence electrons. The van der Waals surface area contributed by atoms with E-state index >= 15 is 0 Å². The molecule has 1 amide bonds. The Morgan fingerprint density at radius 1 is 1.09 bits per heavy atom. The third-order valence-corrected chi connectivity index (χ3v) is 5.83. The molecule has 7 nitrogen and oxygen atoms in total. The molecule has 0 aliphatic carbocycles. The quantitative estimate of drug-likeness (QED) is 0.273. The molecule has 1 aromatic heterocycles. The van der Waals surface area contributed by atoms with E-state index in [1.807, 2.05) is 6.92 Å². The van der Waals surface area contributed by atoms with E-state index in [-0.39, 0.29) is 11.3 Å². The maximum absolute atomic E-state index is 13.3. The Balaban J connectivity index is 1.83. The number of methoxy groups -OCH3 is 1. The number of furan rings is 1. The van der Waals surface area contributed by atoms with E-state index < -0.39 is 17.7 Å². The smallest absolute Gasteiger partial charge is 0.300 e. The van der Waals surface area contributed by atoms with E-state index in [2.05, 4.69) is 13.8 Å². The van der Waals surface area contributed by atoms with Gasteiger partial charge in [0.15, 0.2) is 0 Å². The highest BCUT2D eigenvalue weighted by Gasteiger charge is 2.48. The number of benzene rings is 2. The summed E-state index contributed by atoms with van der Waals surface area (Å²) in [5.74, 6) is 0.780. The van der Waals surface area contributed by atoms with Gasteiger partial charge in [0, 0.05) is 17.3 Å². The number of anilines is 1. The molecule has 1 saturated heterocycles. The van der Waals surface area contributed by atoms with Crippen LogP contribution in [0.2, 0.25) is 0 Å². The highest BCUT2D eigenvalue weighted by atomic mass is 16.5. The largest absolute Gasteiger partial charge is 0.507 e. The van der Waals surface area contributed by atoms with E-state index in [0.717, 1.165) is 5.56 Å². The van der Waals surface area contributed by atoms with Gasteiger partial charge in [-0.15, -0.1) is 0 Å². The minimum Gasteiger partial charge on any atom is -0.507 e. The van der Waals surface area contributed by atoms with Crippen LogP contribution in [0.5, 0.6) is 11.5 Å². The Morgan fingerprint density at radius 2 is 1.86 bits per heavy atom. The molecular formula is C28H29NO6. The molecule has 7 heteroatoms. The van der Waals surface area contributed by atoms with E-state index in [1.54, 1.807) is 61.5 Å².